The Bertz CT molecular complexity index is 943. The van der Waals surface area contributed by atoms with Gasteiger partial charge in [0.25, 0.3) is 0 Å². The summed E-state index contributed by atoms with van der Waals surface area (Å²) in [6, 6.07) is 10.6. The number of nitrogens with zero attached hydrogens (tertiary/aromatic N) is 3. The Morgan fingerprint density at radius 2 is 1.36 bits per heavy atom. The highest BCUT2D eigenvalue weighted by Gasteiger charge is 2.09. The number of carbonyl (C=O) groups is 1. The average molecular weight is 596 g/mol. The largest absolute Gasteiger partial charge is 0.307 e. The standard InChI is InChI=1S/C15H22N2.C7H5F3.C7H17N.C3H8.C2H6.CH2O/c1-11(2)14(5)17-16-13(4)10-15-8-6-7-12(3)9-15;1-4-2-3-5(8)7(10)6(4)9;1-4-6-8(3)7-5-2;1-3-2;2*1-2/h6-9,11H,10H2,1-5H3;2-3H,1H3;4-7H2,1-3H3;3H2,1-2H3;1-2H3;1H2/b16-13+,17-14+;;;;;. The van der Waals surface area contributed by atoms with Crippen molar-refractivity contribution in [2.45, 2.75) is 109 Å². The quantitative estimate of drug-likeness (QED) is 0.173. The molecule has 0 aromatic heterocycles. The molecule has 0 aliphatic carbocycles. The molecule has 2 aromatic carbocycles. The number of hydrogen-bond donors (Lipinski definition) is 0. The van der Waals surface area contributed by atoms with Gasteiger partial charge in [0, 0.05) is 17.8 Å². The summed E-state index contributed by atoms with van der Waals surface area (Å²) in [5.41, 5.74) is 4.82. The molecule has 0 unspecified atom stereocenters. The van der Waals surface area contributed by atoms with E-state index in [1.54, 1.807) is 0 Å². The van der Waals surface area contributed by atoms with Gasteiger partial charge in [-0.1, -0.05) is 97.7 Å². The van der Waals surface area contributed by atoms with E-state index in [1.165, 1.54) is 56.5 Å². The average Bonchev–Trinajstić information content (AvgIpc) is 2.96. The lowest BCUT2D eigenvalue weighted by atomic mass is 10.1. The van der Waals surface area contributed by atoms with Crippen molar-refractivity contribution in [3.63, 3.8) is 0 Å². The Kier molecular flexibility index (Phi) is 34.2. The summed E-state index contributed by atoms with van der Waals surface area (Å²) in [5.74, 6) is -3.20. The molecule has 0 atom stereocenters. The molecule has 42 heavy (non-hydrogen) atoms. The van der Waals surface area contributed by atoms with E-state index >= 15 is 0 Å². The van der Waals surface area contributed by atoms with Crippen molar-refractivity contribution in [3.05, 3.63) is 70.5 Å². The summed E-state index contributed by atoms with van der Waals surface area (Å²) in [7, 11) is 2.17. The van der Waals surface area contributed by atoms with Crippen LogP contribution in [0.3, 0.4) is 0 Å². The van der Waals surface area contributed by atoms with E-state index in [4.69, 9.17) is 4.79 Å². The number of carbonyl (C=O) groups excluding carboxylic acids is 1. The first-order chi connectivity index (χ1) is 19.8. The topological polar surface area (TPSA) is 45.0 Å². The van der Waals surface area contributed by atoms with Crippen LogP contribution in [0, 0.1) is 37.2 Å². The third kappa shape index (κ3) is 26.1. The minimum Gasteiger partial charge on any atom is -0.307 e. The van der Waals surface area contributed by atoms with E-state index in [0.717, 1.165) is 23.9 Å². The summed E-state index contributed by atoms with van der Waals surface area (Å²) in [6.07, 6.45) is 4.67. The highest BCUT2D eigenvalue weighted by Crippen LogP contribution is 2.13. The molecule has 0 heterocycles. The van der Waals surface area contributed by atoms with Crippen molar-refractivity contribution in [1.29, 1.82) is 0 Å². The van der Waals surface area contributed by atoms with Gasteiger partial charge in [0.1, 0.15) is 6.79 Å². The second-order valence-corrected chi connectivity index (χ2v) is 9.90. The van der Waals surface area contributed by atoms with Crippen molar-refractivity contribution >= 4 is 18.2 Å². The van der Waals surface area contributed by atoms with Gasteiger partial charge >= 0.3 is 0 Å². The summed E-state index contributed by atoms with van der Waals surface area (Å²) in [5, 5.41) is 8.52. The molecule has 0 fully saturated rings. The first-order valence-electron chi connectivity index (χ1n) is 15.0. The van der Waals surface area contributed by atoms with Crippen LogP contribution in [0.4, 0.5) is 13.2 Å². The Morgan fingerprint density at radius 3 is 1.76 bits per heavy atom. The van der Waals surface area contributed by atoms with E-state index < -0.39 is 17.5 Å². The molecule has 4 nitrogen and oxygen atoms in total. The highest BCUT2D eigenvalue weighted by atomic mass is 19.2. The first kappa shape index (κ1) is 46.2. The lowest BCUT2D eigenvalue weighted by molar-refractivity contribution is -0.0980. The lowest BCUT2D eigenvalue weighted by Gasteiger charge is -2.12. The van der Waals surface area contributed by atoms with Crippen LogP contribution in [0.2, 0.25) is 0 Å². The molecule has 0 N–H and O–H groups in total. The van der Waals surface area contributed by atoms with E-state index in [9.17, 15) is 13.2 Å². The maximum absolute atomic E-state index is 12.4. The van der Waals surface area contributed by atoms with Gasteiger partial charge in [0.2, 0.25) is 0 Å². The summed E-state index contributed by atoms with van der Waals surface area (Å²) in [4.78, 5) is 10.4. The molecule has 7 heteroatoms. The minimum absolute atomic E-state index is 0.110. The highest BCUT2D eigenvalue weighted by molar-refractivity contribution is 5.87. The zero-order chi connectivity index (χ0) is 33.7. The molecule has 0 spiro atoms. The predicted octanol–water partition coefficient (Wildman–Crippen LogP) is 10.4. The molecule has 0 saturated heterocycles. The van der Waals surface area contributed by atoms with Crippen molar-refractivity contribution in [2.75, 3.05) is 20.1 Å². The summed E-state index contributed by atoms with van der Waals surface area (Å²) >= 11 is 0. The summed E-state index contributed by atoms with van der Waals surface area (Å²) in [6.45, 7) is 29.0. The molecule has 0 radical (unpaired) electrons. The van der Waals surface area contributed by atoms with Crippen LogP contribution < -0.4 is 0 Å². The molecule has 2 aromatic rings. The fourth-order valence-electron chi connectivity index (χ4n) is 2.93. The molecular weight excluding hydrogens is 535 g/mol. The second kappa shape index (κ2) is 31.1. The number of aryl methyl sites for hydroxylation is 2. The molecule has 242 valence electrons. The van der Waals surface area contributed by atoms with Gasteiger partial charge in [-0.3, -0.25) is 0 Å². The van der Waals surface area contributed by atoms with Gasteiger partial charge in [0.05, 0.1) is 0 Å². The van der Waals surface area contributed by atoms with Crippen LogP contribution in [-0.2, 0) is 11.2 Å². The van der Waals surface area contributed by atoms with Gasteiger partial charge < -0.3 is 9.69 Å². The molecule has 0 aliphatic rings. The number of benzene rings is 2. The zero-order valence-corrected chi connectivity index (χ0v) is 28.9. The van der Waals surface area contributed by atoms with Crippen LogP contribution in [0.15, 0.2) is 46.6 Å². The maximum Gasteiger partial charge on any atom is 0.194 e. The molecule has 0 amide bonds. The van der Waals surface area contributed by atoms with Crippen LogP contribution in [-0.4, -0.2) is 43.2 Å². The maximum atomic E-state index is 12.4. The van der Waals surface area contributed by atoms with Gasteiger partial charge in [0.15, 0.2) is 17.5 Å². The molecular formula is C35H60F3N3O. The van der Waals surface area contributed by atoms with Crippen molar-refractivity contribution < 1.29 is 18.0 Å². The van der Waals surface area contributed by atoms with Crippen molar-refractivity contribution in [1.82, 2.24) is 4.90 Å². The lowest BCUT2D eigenvalue weighted by Crippen LogP contribution is -2.19. The smallest absolute Gasteiger partial charge is 0.194 e. The molecule has 0 bridgehead atoms. The van der Waals surface area contributed by atoms with Gasteiger partial charge in [-0.15, -0.1) is 0 Å². The van der Waals surface area contributed by atoms with Gasteiger partial charge in [-0.2, -0.15) is 10.2 Å². The SMILES string of the molecule is C/C(Cc1cccc(C)c1)=N\N=C(/C)C(C)C.C=O.CC.CCC.CCCN(C)CCC.Cc1ccc(F)c(F)c1F. The third-order valence-electron chi connectivity index (χ3n) is 5.20. The zero-order valence-electron chi connectivity index (χ0n) is 28.9. The Balaban J connectivity index is -0.000000247. The van der Waals surface area contributed by atoms with E-state index in [1.807, 2.05) is 34.5 Å². The van der Waals surface area contributed by atoms with Gasteiger partial charge in [-0.05, 0) is 83.8 Å². The van der Waals surface area contributed by atoms with Gasteiger partial charge in [-0.25, -0.2) is 13.2 Å². The normalized spacial score (nSPS) is 10.4. The third-order valence-corrected chi connectivity index (χ3v) is 5.20. The van der Waals surface area contributed by atoms with Crippen LogP contribution in [0.1, 0.15) is 105 Å². The van der Waals surface area contributed by atoms with E-state index in [-0.39, 0.29) is 5.56 Å². The predicted molar refractivity (Wildman–Crippen MR) is 180 cm³/mol. The monoisotopic (exact) mass is 595 g/mol. The second-order valence-electron chi connectivity index (χ2n) is 9.90. The molecule has 2 rings (SSSR count). The minimum atomic E-state index is -1.40. The van der Waals surface area contributed by atoms with Crippen LogP contribution in [0.5, 0.6) is 0 Å². The summed E-state index contributed by atoms with van der Waals surface area (Å²) < 4.78 is 36.8. The fraction of sp³-hybridized carbons (Fsp3) is 0.571. The van der Waals surface area contributed by atoms with E-state index in [0.29, 0.717) is 5.92 Å². The number of hydrogen-bond acceptors (Lipinski definition) is 4. The number of halogens is 3. The van der Waals surface area contributed by atoms with E-state index in [2.05, 4.69) is 94.9 Å². The number of rotatable bonds is 8. The van der Waals surface area contributed by atoms with Crippen molar-refractivity contribution in [2.24, 2.45) is 16.1 Å². The molecule has 0 aliphatic heterocycles. The van der Waals surface area contributed by atoms with Crippen LogP contribution in [0.25, 0.3) is 0 Å². The fourth-order valence-corrected chi connectivity index (χ4v) is 2.93. The Hall–Kier alpha value is -2.80. The first-order valence-corrected chi connectivity index (χ1v) is 15.0. The van der Waals surface area contributed by atoms with Crippen molar-refractivity contribution in [3.8, 4) is 0 Å². The Morgan fingerprint density at radius 1 is 0.857 bits per heavy atom. The molecule has 0 saturated carbocycles. The van der Waals surface area contributed by atoms with Crippen LogP contribution >= 0.6 is 0 Å². The Labute approximate surface area is 256 Å².